The number of rotatable bonds is 4. The second-order valence-electron chi connectivity index (χ2n) is 4.72. The van der Waals surface area contributed by atoms with Crippen LogP contribution in [0.2, 0.25) is 0 Å². The molecule has 2 N–H and O–H groups in total. The molecule has 3 rings (SSSR count). The van der Waals surface area contributed by atoms with Gasteiger partial charge in [-0.15, -0.1) is 0 Å². The lowest BCUT2D eigenvalue weighted by Crippen LogP contribution is -2.13. The fourth-order valence-corrected chi connectivity index (χ4v) is 2.16. The largest absolute Gasteiger partial charge is 0.494 e. The normalized spacial score (nSPS) is 10.5. The molecule has 3 aromatic rings. The molecule has 0 fully saturated rings. The molecule has 0 radical (unpaired) electrons. The predicted molar refractivity (Wildman–Crippen MR) is 83.7 cm³/mol. The highest BCUT2D eigenvalue weighted by atomic mass is 16.6. The number of nitro benzene ring substituents is 1. The number of benzene rings is 1. The zero-order valence-corrected chi connectivity index (χ0v) is 12.1. The Morgan fingerprint density at radius 1 is 1.35 bits per heavy atom. The molecule has 0 aliphatic heterocycles. The van der Waals surface area contributed by atoms with Crippen LogP contribution in [0.3, 0.4) is 0 Å². The number of aromatic nitrogens is 2. The molecule has 1 amide bonds. The Morgan fingerprint density at radius 3 is 2.87 bits per heavy atom. The highest BCUT2D eigenvalue weighted by molar-refractivity contribution is 6.06. The van der Waals surface area contributed by atoms with Crippen molar-refractivity contribution < 1.29 is 14.5 Å². The van der Waals surface area contributed by atoms with Gasteiger partial charge in [0.15, 0.2) is 0 Å². The van der Waals surface area contributed by atoms with E-state index in [9.17, 15) is 14.9 Å². The summed E-state index contributed by atoms with van der Waals surface area (Å²) in [7, 11) is 1.38. The summed E-state index contributed by atoms with van der Waals surface area (Å²) in [4.78, 5) is 29.7. The van der Waals surface area contributed by atoms with Crippen LogP contribution in [-0.2, 0) is 0 Å². The Bertz CT molecular complexity index is 870. The summed E-state index contributed by atoms with van der Waals surface area (Å²) in [6.45, 7) is 0. The highest BCUT2D eigenvalue weighted by Gasteiger charge is 2.15. The van der Waals surface area contributed by atoms with Gasteiger partial charge in [-0.25, -0.2) is 0 Å². The van der Waals surface area contributed by atoms with Crippen molar-refractivity contribution in [2.45, 2.75) is 0 Å². The van der Waals surface area contributed by atoms with Crippen LogP contribution in [0.4, 0.5) is 11.4 Å². The number of non-ortho nitro benzene ring substituents is 1. The Morgan fingerprint density at radius 2 is 2.17 bits per heavy atom. The molecule has 1 aromatic carbocycles. The Labute approximate surface area is 130 Å². The summed E-state index contributed by atoms with van der Waals surface area (Å²) < 4.78 is 5.09. The number of nitrogens with one attached hydrogen (secondary N) is 2. The summed E-state index contributed by atoms with van der Waals surface area (Å²) in [5.74, 6) is -0.183. The van der Waals surface area contributed by atoms with Crippen molar-refractivity contribution in [1.82, 2.24) is 9.97 Å². The quantitative estimate of drug-likeness (QED) is 0.568. The molecule has 0 saturated carbocycles. The molecule has 0 spiro atoms. The number of amides is 1. The number of anilines is 1. The van der Waals surface area contributed by atoms with Crippen molar-refractivity contribution in [1.29, 1.82) is 0 Å². The average molecular weight is 312 g/mol. The van der Waals surface area contributed by atoms with E-state index in [1.165, 1.54) is 25.3 Å². The molecule has 0 unspecified atom stereocenters. The number of ether oxygens (including phenoxy) is 1. The van der Waals surface area contributed by atoms with Gasteiger partial charge in [0.1, 0.15) is 11.4 Å². The van der Waals surface area contributed by atoms with E-state index in [1.807, 2.05) is 6.07 Å². The average Bonchev–Trinajstić information content (AvgIpc) is 2.99. The zero-order valence-electron chi connectivity index (χ0n) is 12.1. The lowest BCUT2D eigenvalue weighted by Gasteiger charge is -2.09. The van der Waals surface area contributed by atoms with Crippen molar-refractivity contribution in [3.63, 3.8) is 0 Å². The highest BCUT2D eigenvalue weighted by Crippen LogP contribution is 2.29. The lowest BCUT2D eigenvalue weighted by atomic mass is 10.2. The number of carbonyl (C=O) groups is 1. The van der Waals surface area contributed by atoms with E-state index in [1.54, 1.807) is 18.3 Å². The minimum atomic E-state index is -0.530. The van der Waals surface area contributed by atoms with E-state index in [-0.39, 0.29) is 11.4 Å². The van der Waals surface area contributed by atoms with E-state index < -0.39 is 10.8 Å². The molecule has 116 valence electrons. The second kappa shape index (κ2) is 5.76. The maximum atomic E-state index is 12.3. The number of nitrogens with zero attached hydrogens (tertiary/aromatic N) is 2. The smallest absolute Gasteiger partial charge is 0.273 e. The molecule has 8 nitrogen and oxygen atoms in total. The summed E-state index contributed by atoms with van der Waals surface area (Å²) in [6.07, 6.45) is 1.64. The predicted octanol–water partition coefficient (Wildman–Crippen LogP) is 2.73. The maximum absolute atomic E-state index is 12.3. The Balaban J connectivity index is 1.88. The van der Waals surface area contributed by atoms with Gasteiger partial charge < -0.3 is 15.0 Å². The van der Waals surface area contributed by atoms with Crippen LogP contribution >= 0.6 is 0 Å². The van der Waals surface area contributed by atoms with Gasteiger partial charge >= 0.3 is 0 Å². The van der Waals surface area contributed by atoms with Crippen LogP contribution in [0.15, 0.2) is 42.6 Å². The molecule has 0 atom stereocenters. The van der Waals surface area contributed by atoms with Gasteiger partial charge in [0, 0.05) is 12.3 Å². The maximum Gasteiger partial charge on any atom is 0.273 e. The lowest BCUT2D eigenvalue weighted by molar-refractivity contribution is -0.384. The molecule has 0 aliphatic rings. The van der Waals surface area contributed by atoms with Crippen LogP contribution < -0.4 is 10.1 Å². The van der Waals surface area contributed by atoms with E-state index in [2.05, 4.69) is 15.3 Å². The van der Waals surface area contributed by atoms with Crippen molar-refractivity contribution >= 4 is 28.3 Å². The number of methoxy groups -OCH3 is 1. The third-order valence-corrected chi connectivity index (χ3v) is 3.28. The van der Waals surface area contributed by atoms with Crippen LogP contribution in [0.5, 0.6) is 5.75 Å². The van der Waals surface area contributed by atoms with Gasteiger partial charge in [-0.05, 0) is 24.3 Å². The zero-order chi connectivity index (χ0) is 16.4. The van der Waals surface area contributed by atoms with Crippen LogP contribution in [0.1, 0.15) is 10.5 Å². The fourth-order valence-electron chi connectivity index (χ4n) is 2.16. The van der Waals surface area contributed by atoms with Crippen molar-refractivity contribution in [2.24, 2.45) is 0 Å². The standard InChI is InChI=1S/C15H12N4O4/c1-23-14-7-9(19(21)22)4-5-11(14)18-15(20)13-8-12-10(17-13)3-2-6-16-12/h2-8,17H,1H3,(H,18,20). The third-order valence-electron chi connectivity index (χ3n) is 3.28. The molecule has 23 heavy (non-hydrogen) atoms. The van der Waals surface area contributed by atoms with E-state index >= 15 is 0 Å². The van der Waals surface area contributed by atoms with Crippen molar-refractivity contribution in [3.8, 4) is 5.75 Å². The number of aromatic amines is 1. The number of hydrogen-bond acceptors (Lipinski definition) is 5. The van der Waals surface area contributed by atoms with E-state index in [0.29, 0.717) is 16.9 Å². The van der Waals surface area contributed by atoms with Crippen LogP contribution in [-0.4, -0.2) is 27.9 Å². The number of hydrogen-bond donors (Lipinski definition) is 2. The Kier molecular flexibility index (Phi) is 3.63. The van der Waals surface area contributed by atoms with E-state index in [0.717, 1.165) is 5.52 Å². The summed E-state index contributed by atoms with van der Waals surface area (Å²) in [6, 6.07) is 9.18. The minimum Gasteiger partial charge on any atom is -0.494 e. The first kappa shape index (κ1) is 14.5. The number of pyridine rings is 1. The van der Waals surface area contributed by atoms with Gasteiger partial charge in [0.25, 0.3) is 11.6 Å². The van der Waals surface area contributed by atoms with Crippen molar-refractivity contribution in [2.75, 3.05) is 12.4 Å². The molecule has 8 heteroatoms. The molecule has 0 saturated heterocycles. The number of H-pyrrole nitrogens is 1. The van der Waals surface area contributed by atoms with Gasteiger partial charge in [0.2, 0.25) is 0 Å². The van der Waals surface area contributed by atoms with Gasteiger partial charge in [-0.1, -0.05) is 0 Å². The first-order chi connectivity index (χ1) is 11.1. The topological polar surface area (TPSA) is 110 Å². The molecular weight excluding hydrogens is 300 g/mol. The van der Waals surface area contributed by atoms with Gasteiger partial charge in [0.05, 0.1) is 34.8 Å². The molecule has 2 heterocycles. The Hall–Kier alpha value is -3.42. The van der Waals surface area contributed by atoms with E-state index in [4.69, 9.17) is 4.74 Å². The minimum absolute atomic E-state index is 0.116. The number of fused-ring (bicyclic) bond motifs is 1. The molecular formula is C15H12N4O4. The van der Waals surface area contributed by atoms with Crippen molar-refractivity contribution in [3.05, 3.63) is 58.4 Å². The first-order valence-electron chi connectivity index (χ1n) is 6.66. The summed E-state index contributed by atoms with van der Waals surface area (Å²) >= 11 is 0. The van der Waals surface area contributed by atoms with Gasteiger partial charge in [-0.3, -0.25) is 19.9 Å². The molecule has 2 aromatic heterocycles. The fraction of sp³-hybridized carbons (Fsp3) is 0.0667. The number of nitro groups is 1. The van der Waals surface area contributed by atoms with Crippen LogP contribution in [0.25, 0.3) is 11.0 Å². The monoisotopic (exact) mass is 312 g/mol. The number of carbonyl (C=O) groups excluding carboxylic acids is 1. The second-order valence-corrected chi connectivity index (χ2v) is 4.72. The third kappa shape index (κ3) is 2.82. The summed E-state index contributed by atoms with van der Waals surface area (Å²) in [5, 5.41) is 13.4. The van der Waals surface area contributed by atoms with Crippen LogP contribution in [0, 0.1) is 10.1 Å². The summed E-state index contributed by atoms with van der Waals surface area (Å²) in [5.41, 5.74) is 1.98. The van der Waals surface area contributed by atoms with Gasteiger partial charge in [-0.2, -0.15) is 0 Å². The molecule has 0 aliphatic carbocycles. The molecule has 0 bridgehead atoms. The SMILES string of the molecule is COc1cc([N+](=O)[O-])ccc1NC(=O)c1cc2ncccc2[nH]1. The first-order valence-corrected chi connectivity index (χ1v) is 6.66.